The van der Waals surface area contributed by atoms with Gasteiger partial charge in [0.1, 0.15) is 12.2 Å². The van der Waals surface area contributed by atoms with Crippen LogP contribution in [0.2, 0.25) is 0 Å². The lowest BCUT2D eigenvalue weighted by molar-refractivity contribution is -0.0863. The summed E-state index contributed by atoms with van der Waals surface area (Å²) in [5.41, 5.74) is 1.70. The fraction of sp³-hybridized carbons (Fsp3) is 0.400. The monoisotopic (exact) mass is 273 g/mol. The lowest BCUT2D eigenvalue weighted by Crippen LogP contribution is -2.43. The van der Waals surface area contributed by atoms with Gasteiger partial charge in [-0.05, 0) is 25.2 Å². The van der Waals surface area contributed by atoms with E-state index in [0.717, 1.165) is 24.5 Å². The van der Waals surface area contributed by atoms with Crippen LogP contribution in [0.5, 0.6) is 0 Å². The summed E-state index contributed by atoms with van der Waals surface area (Å²) in [5, 5.41) is 14.9. The maximum Gasteiger partial charge on any atom is 0.123 e. The molecule has 3 rings (SSSR count). The van der Waals surface area contributed by atoms with E-state index in [2.05, 4.69) is 10.00 Å². The molecule has 20 heavy (non-hydrogen) atoms. The average Bonchev–Trinajstić information content (AvgIpc) is 2.97. The van der Waals surface area contributed by atoms with Gasteiger partial charge in [-0.25, -0.2) is 4.68 Å². The van der Waals surface area contributed by atoms with Crippen LogP contribution in [0, 0.1) is 0 Å². The molecule has 1 aromatic carbocycles. The molecular weight excluding hydrogens is 254 g/mol. The number of aliphatic hydroxyl groups excluding tert-OH is 1. The van der Waals surface area contributed by atoms with Gasteiger partial charge in [0.05, 0.1) is 18.0 Å². The minimum Gasteiger partial charge on any atom is -0.384 e. The smallest absolute Gasteiger partial charge is 0.123 e. The third-order valence-electron chi connectivity index (χ3n) is 3.62. The van der Waals surface area contributed by atoms with E-state index in [1.807, 2.05) is 43.4 Å². The van der Waals surface area contributed by atoms with E-state index < -0.39 is 6.10 Å². The fourth-order valence-corrected chi connectivity index (χ4v) is 2.51. The van der Waals surface area contributed by atoms with Crippen LogP contribution in [0.25, 0.3) is 5.69 Å². The second-order valence-electron chi connectivity index (χ2n) is 5.12. The molecule has 1 N–H and O–H groups in total. The van der Waals surface area contributed by atoms with Gasteiger partial charge in [-0.1, -0.05) is 18.2 Å². The van der Waals surface area contributed by atoms with Crippen molar-refractivity contribution in [3.8, 4) is 5.69 Å². The summed E-state index contributed by atoms with van der Waals surface area (Å²) in [5.74, 6) is 0. The van der Waals surface area contributed by atoms with E-state index in [4.69, 9.17) is 4.74 Å². The Morgan fingerprint density at radius 3 is 2.85 bits per heavy atom. The van der Waals surface area contributed by atoms with E-state index in [9.17, 15) is 5.11 Å². The predicted molar refractivity (Wildman–Crippen MR) is 75.8 cm³/mol. The van der Waals surface area contributed by atoms with Crippen molar-refractivity contribution in [2.75, 3.05) is 26.7 Å². The molecule has 2 aromatic rings. The molecule has 0 spiro atoms. The molecule has 2 atom stereocenters. The number of hydrogen-bond acceptors (Lipinski definition) is 4. The number of ether oxygens (including phenoxy) is 1. The van der Waals surface area contributed by atoms with Gasteiger partial charge >= 0.3 is 0 Å². The Hall–Kier alpha value is -1.69. The number of likely N-dealkylation sites (N-methyl/N-ethyl adjacent to an activating group) is 1. The Kier molecular flexibility index (Phi) is 3.82. The zero-order valence-electron chi connectivity index (χ0n) is 11.5. The van der Waals surface area contributed by atoms with Gasteiger partial charge < -0.3 is 14.7 Å². The summed E-state index contributed by atoms with van der Waals surface area (Å²) >= 11 is 0. The number of nitrogens with zero attached hydrogens (tertiary/aromatic N) is 3. The highest BCUT2D eigenvalue weighted by molar-refractivity contribution is 5.33. The first-order valence-electron chi connectivity index (χ1n) is 6.83. The maximum atomic E-state index is 10.6. The minimum atomic E-state index is -0.680. The van der Waals surface area contributed by atoms with E-state index in [1.54, 1.807) is 10.9 Å². The second kappa shape index (κ2) is 5.75. The molecule has 1 aliphatic heterocycles. The van der Waals surface area contributed by atoms with Crippen LogP contribution < -0.4 is 0 Å². The summed E-state index contributed by atoms with van der Waals surface area (Å²) in [6, 6.07) is 11.7. The number of aromatic nitrogens is 2. The lowest BCUT2D eigenvalue weighted by Gasteiger charge is -2.33. The molecule has 1 saturated heterocycles. The Bertz CT molecular complexity index is 555. The molecular formula is C15H19N3O2. The van der Waals surface area contributed by atoms with Crippen LogP contribution >= 0.6 is 0 Å². The van der Waals surface area contributed by atoms with Gasteiger partial charge in [-0.2, -0.15) is 5.10 Å². The van der Waals surface area contributed by atoms with Crippen LogP contribution in [0.15, 0.2) is 42.6 Å². The molecule has 106 valence electrons. The average molecular weight is 273 g/mol. The first-order valence-corrected chi connectivity index (χ1v) is 6.83. The van der Waals surface area contributed by atoms with Crippen LogP contribution in [0.4, 0.5) is 0 Å². The van der Waals surface area contributed by atoms with Crippen molar-refractivity contribution in [1.29, 1.82) is 0 Å². The van der Waals surface area contributed by atoms with Crippen LogP contribution in [0.3, 0.4) is 0 Å². The third kappa shape index (κ3) is 2.60. The highest BCUT2D eigenvalue weighted by Crippen LogP contribution is 2.23. The van der Waals surface area contributed by atoms with Gasteiger partial charge in [0.2, 0.25) is 0 Å². The number of para-hydroxylation sites is 1. The van der Waals surface area contributed by atoms with E-state index >= 15 is 0 Å². The molecule has 2 unspecified atom stereocenters. The summed E-state index contributed by atoms with van der Waals surface area (Å²) < 4.78 is 7.46. The number of rotatable bonds is 3. The van der Waals surface area contributed by atoms with E-state index in [0.29, 0.717) is 6.61 Å². The third-order valence-corrected chi connectivity index (χ3v) is 3.62. The largest absolute Gasteiger partial charge is 0.384 e. The van der Waals surface area contributed by atoms with Gasteiger partial charge in [-0.15, -0.1) is 0 Å². The standard InChI is InChI=1S/C15H19N3O2/c1-17-9-10-20-14(11-17)15(19)13-7-8-16-18(13)12-5-3-2-4-6-12/h2-8,14-15,19H,9-11H2,1H3. The zero-order chi connectivity index (χ0) is 13.9. The Labute approximate surface area is 118 Å². The van der Waals surface area contributed by atoms with Crippen molar-refractivity contribution < 1.29 is 9.84 Å². The van der Waals surface area contributed by atoms with Gasteiger partial charge in [0.15, 0.2) is 0 Å². The zero-order valence-corrected chi connectivity index (χ0v) is 11.5. The van der Waals surface area contributed by atoms with Gasteiger partial charge in [0, 0.05) is 19.3 Å². The van der Waals surface area contributed by atoms with Crippen molar-refractivity contribution in [1.82, 2.24) is 14.7 Å². The second-order valence-corrected chi connectivity index (χ2v) is 5.12. The fourth-order valence-electron chi connectivity index (χ4n) is 2.51. The van der Waals surface area contributed by atoms with Crippen molar-refractivity contribution in [2.24, 2.45) is 0 Å². The summed E-state index contributed by atoms with van der Waals surface area (Å²) in [7, 11) is 2.04. The predicted octanol–water partition coefficient (Wildman–Crippen LogP) is 1.24. The summed E-state index contributed by atoms with van der Waals surface area (Å²) in [4.78, 5) is 2.17. The van der Waals surface area contributed by atoms with Crippen molar-refractivity contribution >= 4 is 0 Å². The maximum absolute atomic E-state index is 10.6. The number of hydrogen-bond donors (Lipinski definition) is 1. The van der Waals surface area contributed by atoms with Crippen molar-refractivity contribution in [3.05, 3.63) is 48.3 Å². The molecule has 0 aliphatic carbocycles. The number of morpholine rings is 1. The SMILES string of the molecule is CN1CCOC(C(O)c2ccnn2-c2ccccc2)C1. The highest BCUT2D eigenvalue weighted by atomic mass is 16.5. The van der Waals surface area contributed by atoms with Crippen molar-refractivity contribution in [2.45, 2.75) is 12.2 Å². The molecule has 5 nitrogen and oxygen atoms in total. The Balaban J connectivity index is 1.86. The normalized spacial score (nSPS) is 21.8. The van der Waals surface area contributed by atoms with Crippen LogP contribution in [-0.4, -0.2) is 52.6 Å². The van der Waals surface area contributed by atoms with Gasteiger partial charge in [0.25, 0.3) is 0 Å². The van der Waals surface area contributed by atoms with Crippen LogP contribution in [-0.2, 0) is 4.74 Å². The molecule has 1 aliphatic rings. The van der Waals surface area contributed by atoms with Crippen molar-refractivity contribution in [3.63, 3.8) is 0 Å². The molecule has 1 aromatic heterocycles. The number of benzene rings is 1. The first kappa shape index (κ1) is 13.3. The quantitative estimate of drug-likeness (QED) is 0.914. The number of aliphatic hydroxyl groups is 1. The molecule has 0 bridgehead atoms. The summed E-state index contributed by atoms with van der Waals surface area (Å²) in [6.45, 7) is 2.28. The highest BCUT2D eigenvalue weighted by Gasteiger charge is 2.28. The molecule has 2 heterocycles. The molecule has 0 amide bonds. The van der Waals surface area contributed by atoms with E-state index in [1.165, 1.54) is 0 Å². The minimum absolute atomic E-state index is 0.215. The Morgan fingerprint density at radius 1 is 1.30 bits per heavy atom. The molecule has 5 heteroatoms. The molecule has 0 radical (unpaired) electrons. The van der Waals surface area contributed by atoms with Crippen LogP contribution in [0.1, 0.15) is 11.8 Å². The lowest BCUT2D eigenvalue weighted by atomic mass is 10.1. The molecule has 0 saturated carbocycles. The first-order chi connectivity index (χ1) is 9.75. The summed E-state index contributed by atoms with van der Waals surface area (Å²) in [6.07, 6.45) is 0.811. The van der Waals surface area contributed by atoms with E-state index in [-0.39, 0.29) is 6.10 Å². The topological polar surface area (TPSA) is 50.5 Å². The molecule has 1 fully saturated rings. The van der Waals surface area contributed by atoms with Gasteiger partial charge in [-0.3, -0.25) is 0 Å². The Morgan fingerprint density at radius 2 is 2.10 bits per heavy atom.